The number of rotatable bonds is 10. The van der Waals surface area contributed by atoms with E-state index in [1.54, 1.807) is 6.20 Å². The molecule has 0 radical (unpaired) electrons. The van der Waals surface area contributed by atoms with Gasteiger partial charge in [0, 0.05) is 29.8 Å². The Morgan fingerprint density at radius 1 is 0.907 bits per heavy atom. The number of hydrazone groups is 1. The summed E-state index contributed by atoms with van der Waals surface area (Å²) in [6.45, 7) is 5.61. The molecule has 5 N–H and O–H groups in total. The van der Waals surface area contributed by atoms with E-state index in [-0.39, 0.29) is 11.5 Å². The van der Waals surface area contributed by atoms with Gasteiger partial charge in [0.25, 0.3) is 0 Å². The lowest BCUT2D eigenvalue weighted by atomic mass is 9.76. The number of likely N-dealkylation sites (N-methyl/N-ethyl adjacent to an activating group) is 1. The minimum absolute atomic E-state index is 0.0759. The van der Waals surface area contributed by atoms with E-state index in [1.807, 2.05) is 24.3 Å². The molecule has 1 aliphatic carbocycles. The van der Waals surface area contributed by atoms with Gasteiger partial charge in [-0.15, -0.1) is 10.6 Å². The van der Waals surface area contributed by atoms with Gasteiger partial charge < -0.3 is 10.6 Å². The number of fused-ring (bicyclic) bond motifs is 1. The van der Waals surface area contributed by atoms with Crippen LogP contribution in [0.1, 0.15) is 54.0 Å². The minimum atomic E-state index is 0.0759. The molecule has 222 valence electrons. The molecule has 7 heteroatoms. The lowest BCUT2D eigenvalue weighted by molar-refractivity contribution is -0.519. The molecule has 4 aromatic rings. The summed E-state index contributed by atoms with van der Waals surface area (Å²) in [5.41, 5.74) is 21.7. The molecule has 1 atom stereocenters. The van der Waals surface area contributed by atoms with E-state index in [0.717, 1.165) is 53.9 Å². The number of nitrogens with two attached hydrogens (primary N) is 1. The van der Waals surface area contributed by atoms with Crippen LogP contribution >= 0.6 is 23.2 Å². The Labute approximate surface area is 265 Å². The van der Waals surface area contributed by atoms with Gasteiger partial charge >= 0.3 is 0 Å². The average Bonchev–Trinajstić information content (AvgIpc) is 3.02. The largest absolute Gasteiger partial charge is 0.404 e. The Kier molecular flexibility index (Phi) is 9.76. The van der Waals surface area contributed by atoms with Crippen LogP contribution in [-0.4, -0.2) is 29.7 Å². The highest BCUT2D eigenvalue weighted by molar-refractivity contribution is 6.42. The van der Waals surface area contributed by atoms with Gasteiger partial charge in [0.1, 0.15) is 0 Å². The van der Waals surface area contributed by atoms with Gasteiger partial charge in [-0.1, -0.05) is 89.9 Å². The molecule has 1 aliphatic rings. The first-order valence-electron chi connectivity index (χ1n) is 14.7. The van der Waals surface area contributed by atoms with Crippen LogP contribution in [0.3, 0.4) is 0 Å². The molecular formula is C36H40Cl2N5+. The average molecular weight is 614 g/mol. The predicted molar refractivity (Wildman–Crippen MR) is 180 cm³/mol. The first kappa shape index (κ1) is 30.7. The Morgan fingerprint density at radius 2 is 1.63 bits per heavy atom. The SMILES string of the molecule is CN(CCc1ccc(NN[NH+]=C2C(=CN)C[C@@H](c3ccc(Cl)c(Cl)c3)c3ccccc32)cc1)C(C)(C)Cc1ccccc1. The van der Waals surface area contributed by atoms with Gasteiger partial charge in [-0.05, 0) is 92.7 Å². The molecule has 5 rings (SSSR count). The maximum Gasteiger partial charge on any atom is 0.240 e. The van der Waals surface area contributed by atoms with Crippen LogP contribution in [-0.2, 0) is 12.8 Å². The third-order valence-corrected chi connectivity index (χ3v) is 9.23. The summed E-state index contributed by atoms with van der Waals surface area (Å²) in [5.74, 6) is 0.120. The number of allylic oxidation sites excluding steroid dienone is 1. The highest BCUT2D eigenvalue weighted by atomic mass is 35.5. The van der Waals surface area contributed by atoms with Crippen LogP contribution in [0.2, 0.25) is 10.0 Å². The van der Waals surface area contributed by atoms with Crippen molar-refractivity contribution in [2.24, 2.45) is 5.73 Å². The lowest BCUT2D eigenvalue weighted by Crippen LogP contribution is -2.85. The van der Waals surface area contributed by atoms with E-state index in [0.29, 0.717) is 10.0 Å². The number of nitrogens with one attached hydrogen (secondary N) is 3. The second kappa shape index (κ2) is 13.7. The second-order valence-corrected chi connectivity index (χ2v) is 12.6. The number of halogens is 2. The van der Waals surface area contributed by atoms with Crippen molar-refractivity contribution >= 4 is 34.6 Å². The number of nitrogens with zero attached hydrogens (tertiary/aromatic N) is 1. The topological polar surface area (TPSA) is 67.3 Å². The van der Waals surface area contributed by atoms with E-state index in [4.69, 9.17) is 28.9 Å². The second-order valence-electron chi connectivity index (χ2n) is 11.8. The van der Waals surface area contributed by atoms with Crippen LogP contribution < -0.4 is 21.8 Å². The first-order chi connectivity index (χ1) is 20.7. The van der Waals surface area contributed by atoms with Crippen molar-refractivity contribution in [1.82, 2.24) is 10.4 Å². The number of hydrogen-bond donors (Lipinski definition) is 4. The fourth-order valence-corrected chi connectivity index (χ4v) is 6.02. The summed E-state index contributed by atoms with van der Waals surface area (Å²) >= 11 is 12.6. The zero-order chi connectivity index (χ0) is 30.4. The molecule has 0 saturated heterocycles. The number of benzene rings is 4. The quantitative estimate of drug-likeness (QED) is 0.159. The molecule has 0 fully saturated rings. The smallest absolute Gasteiger partial charge is 0.240 e. The number of hydrazine groups is 2. The van der Waals surface area contributed by atoms with E-state index >= 15 is 0 Å². The van der Waals surface area contributed by atoms with Gasteiger partial charge in [-0.3, -0.25) is 5.43 Å². The molecule has 0 heterocycles. The zero-order valence-electron chi connectivity index (χ0n) is 25.0. The predicted octanol–water partition coefficient (Wildman–Crippen LogP) is 6.27. The van der Waals surface area contributed by atoms with E-state index in [1.165, 1.54) is 16.7 Å². The van der Waals surface area contributed by atoms with Gasteiger partial charge in [-0.2, -0.15) is 0 Å². The zero-order valence-corrected chi connectivity index (χ0v) is 26.5. The van der Waals surface area contributed by atoms with Crippen molar-refractivity contribution in [2.45, 2.75) is 44.6 Å². The van der Waals surface area contributed by atoms with Crippen LogP contribution in [0.15, 0.2) is 109 Å². The summed E-state index contributed by atoms with van der Waals surface area (Å²) in [5, 5.41) is 4.47. The Balaban J connectivity index is 1.22. The Bertz CT molecular complexity index is 1600. The molecule has 0 spiro atoms. The van der Waals surface area contributed by atoms with Crippen molar-refractivity contribution in [3.05, 3.63) is 147 Å². The van der Waals surface area contributed by atoms with Crippen molar-refractivity contribution in [3.8, 4) is 0 Å². The van der Waals surface area contributed by atoms with Crippen LogP contribution in [0.5, 0.6) is 0 Å². The molecule has 0 amide bonds. The third-order valence-electron chi connectivity index (χ3n) is 8.49. The summed E-state index contributed by atoms with van der Waals surface area (Å²) in [7, 11) is 2.21. The summed E-state index contributed by atoms with van der Waals surface area (Å²) in [4.78, 5) is 2.45. The van der Waals surface area contributed by atoms with Crippen molar-refractivity contribution in [3.63, 3.8) is 0 Å². The van der Waals surface area contributed by atoms with Crippen molar-refractivity contribution < 1.29 is 5.10 Å². The minimum Gasteiger partial charge on any atom is -0.404 e. The monoisotopic (exact) mass is 612 g/mol. The number of hydrogen-bond acceptors (Lipinski definition) is 4. The number of anilines is 1. The molecule has 0 aliphatic heterocycles. The molecule has 0 unspecified atom stereocenters. The fourth-order valence-electron chi connectivity index (χ4n) is 5.71. The maximum atomic E-state index is 6.36. The Morgan fingerprint density at radius 3 is 2.35 bits per heavy atom. The normalized spacial score (nSPS) is 16.8. The first-order valence-corrected chi connectivity index (χ1v) is 15.4. The third kappa shape index (κ3) is 7.42. The van der Waals surface area contributed by atoms with Gasteiger partial charge in [-0.25, -0.2) is 0 Å². The molecule has 43 heavy (non-hydrogen) atoms. The molecule has 5 nitrogen and oxygen atoms in total. The van der Waals surface area contributed by atoms with Crippen molar-refractivity contribution in [2.75, 3.05) is 19.0 Å². The molecular weight excluding hydrogens is 573 g/mol. The highest BCUT2D eigenvalue weighted by Gasteiger charge is 2.32. The van der Waals surface area contributed by atoms with Crippen LogP contribution in [0.4, 0.5) is 5.69 Å². The molecule has 0 saturated carbocycles. The summed E-state index contributed by atoms with van der Waals surface area (Å²) in [6.07, 6.45) is 4.42. The molecule has 0 bridgehead atoms. The van der Waals surface area contributed by atoms with E-state index < -0.39 is 0 Å². The highest BCUT2D eigenvalue weighted by Crippen LogP contribution is 2.39. The van der Waals surface area contributed by atoms with Gasteiger partial charge in [0.2, 0.25) is 5.71 Å². The molecule has 0 aromatic heterocycles. The molecule has 4 aromatic carbocycles. The van der Waals surface area contributed by atoms with Gasteiger partial charge in [0.15, 0.2) is 0 Å². The van der Waals surface area contributed by atoms with E-state index in [9.17, 15) is 0 Å². The van der Waals surface area contributed by atoms with Crippen LogP contribution in [0.25, 0.3) is 0 Å². The van der Waals surface area contributed by atoms with E-state index in [2.05, 4.69) is 115 Å². The summed E-state index contributed by atoms with van der Waals surface area (Å²) in [6, 6.07) is 33.5. The van der Waals surface area contributed by atoms with Crippen molar-refractivity contribution in [1.29, 1.82) is 0 Å². The standard InChI is InChI=1S/C36H39Cl2N5/c1-36(2,23-26-9-5-4-6-10-26)43(3)20-19-25-13-16-29(17-14-25)40-42-41-35-28(24-39)21-32(30-11-7-8-12-31(30)35)27-15-18-33(37)34(38)22-27/h4-18,22,24,32,40,42H,19-21,23,39H2,1-3H3/p+1/t32-/m0/s1. The summed E-state index contributed by atoms with van der Waals surface area (Å²) < 4.78 is 0. The maximum absolute atomic E-state index is 6.36. The van der Waals surface area contributed by atoms with Crippen LogP contribution in [0, 0.1) is 0 Å². The van der Waals surface area contributed by atoms with Gasteiger partial charge in [0.05, 0.1) is 21.3 Å². The Hall–Kier alpha value is -3.77. The lowest BCUT2D eigenvalue weighted by Gasteiger charge is -2.36. The fraction of sp³-hybridized carbons (Fsp3) is 0.250.